The standard InChI is InChI=1S/C29H33N3O6/c1-19-12-15-21(16-13-19)31-29(35)38-28(20-14-17-25(36-2)24(33)18-20)26(37-3)10-6-7-11-27(34)32-23-9-5-4-8-22(23)30/h4-5,7-9,11-18,26,28,33H,6,10,30H2,1-3H3,(H,31,35)(H,32,34)/b11-7+/t26-,28-/m0/s1. The number of nitrogens with one attached hydrogen (secondary N) is 2. The Hall–Kier alpha value is -4.50. The summed E-state index contributed by atoms with van der Waals surface area (Å²) in [6, 6.07) is 19.1. The minimum absolute atomic E-state index is 0.0934. The molecule has 3 rings (SSSR count). The Morgan fingerprint density at radius 1 is 1.03 bits per heavy atom. The van der Waals surface area contributed by atoms with Gasteiger partial charge in [0.2, 0.25) is 5.91 Å². The topological polar surface area (TPSA) is 132 Å². The number of methoxy groups -OCH3 is 2. The first-order chi connectivity index (χ1) is 18.3. The third-order valence-electron chi connectivity index (χ3n) is 5.81. The van der Waals surface area contributed by atoms with Crippen molar-refractivity contribution in [1.29, 1.82) is 0 Å². The number of aromatic hydroxyl groups is 1. The molecule has 0 fully saturated rings. The lowest BCUT2D eigenvalue weighted by Crippen LogP contribution is -2.28. The highest BCUT2D eigenvalue weighted by Crippen LogP contribution is 2.34. The van der Waals surface area contributed by atoms with Crippen LogP contribution < -0.4 is 21.1 Å². The summed E-state index contributed by atoms with van der Waals surface area (Å²) in [7, 11) is 2.96. The van der Waals surface area contributed by atoms with Crippen LogP contribution in [0.5, 0.6) is 11.5 Å². The van der Waals surface area contributed by atoms with Gasteiger partial charge in [-0.05, 0) is 67.8 Å². The maximum atomic E-state index is 12.8. The molecule has 0 aliphatic carbocycles. The maximum absolute atomic E-state index is 12.8. The van der Waals surface area contributed by atoms with E-state index in [4.69, 9.17) is 19.9 Å². The number of allylic oxidation sites excluding steroid dienone is 1. The number of phenols is 1. The molecular formula is C29H33N3O6. The number of phenolic OH excluding ortho intramolecular Hbond substituents is 1. The Morgan fingerprint density at radius 2 is 1.76 bits per heavy atom. The van der Waals surface area contributed by atoms with Gasteiger partial charge in [0.25, 0.3) is 0 Å². The second-order valence-corrected chi connectivity index (χ2v) is 8.58. The summed E-state index contributed by atoms with van der Waals surface area (Å²) in [5.41, 5.74) is 9.04. The predicted molar refractivity (Wildman–Crippen MR) is 147 cm³/mol. The zero-order valence-corrected chi connectivity index (χ0v) is 21.6. The summed E-state index contributed by atoms with van der Waals surface area (Å²) in [5.74, 6) is -0.120. The number of nitrogens with two attached hydrogens (primary N) is 1. The first-order valence-corrected chi connectivity index (χ1v) is 12.1. The van der Waals surface area contributed by atoms with Crippen molar-refractivity contribution in [2.75, 3.05) is 30.6 Å². The van der Waals surface area contributed by atoms with Gasteiger partial charge in [-0.25, -0.2) is 4.79 Å². The fraction of sp³-hybridized carbons (Fsp3) is 0.241. The van der Waals surface area contributed by atoms with Crippen LogP contribution in [0.25, 0.3) is 0 Å². The third kappa shape index (κ3) is 8.01. The molecule has 200 valence electrons. The van der Waals surface area contributed by atoms with E-state index in [2.05, 4.69) is 10.6 Å². The molecule has 0 unspecified atom stereocenters. The average molecular weight is 520 g/mol. The van der Waals surface area contributed by atoms with E-state index in [-0.39, 0.29) is 11.7 Å². The molecule has 0 saturated heterocycles. The molecule has 38 heavy (non-hydrogen) atoms. The van der Waals surface area contributed by atoms with E-state index in [0.717, 1.165) is 5.56 Å². The zero-order chi connectivity index (χ0) is 27.5. The number of amides is 2. The van der Waals surface area contributed by atoms with Crippen LogP contribution in [0, 0.1) is 6.92 Å². The number of benzene rings is 3. The first kappa shape index (κ1) is 28.1. The molecule has 2 atom stereocenters. The van der Waals surface area contributed by atoms with Crippen molar-refractivity contribution >= 4 is 29.1 Å². The molecule has 9 nitrogen and oxygen atoms in total. The van der Waals surface area contributed by atoms with E-state index in [0.29, 0.717) is 41.2 Å². The van der Waals surface area contributed by atoms with Crippen molar-refractivity contribution in [2.45, 2.75) is 32.0 Å². The molecule has 5 N–H and O–H groups in total. The van der Waals surface area contributed by atoms with Crippen molar-refractivity contribution < 1.29 is 28.9 Å². The van der Waals surface area contributed by atoms with Crippen LogP contribution in [0.2, 0.25) is 0 Å². The van der Waals surface area contributed by atoms with Crippen LogP contribution in [0.3, 0.4) is 0 Å². The van der Waals surface area contributed by atoms with Crippen molar-refractivity contribution in [3.63, 3.8) is 0 Å². The van der Waals surface area contributed by atoms with Gasteiger partial charge in [0, 0.05) is 12.8 Å². The van der Waals surface area contributed by atoms with Gasteiger partial charge in [-0.3, -0.25) is 10.1 Å². The van der Waals surface area contributed by atoms with Gasteiger partial charge in [-0.2, -0.15) is 0 Å². The van der Waals surface area contributed by atoms with Crippen molar-refractivity contribution in [3.8, 4) is 11.5 Å². The molecular weight excluding hydrogens is 486 g/mol. The van der Waals surface area contributed by atoms with Gasteiger partial charge in [0.1, 0.15) is 0 Å². The largest absolute Gasteiger partial charge is 0.504 e. The fourth-order valence-electron chi connectivity index (χ4n) is 3.77. The Morgan fingerprint density at radius 3 is 2.42 bits per heavy atom. The van der Waals surface area contributed by atoms with E-state index in [1.165, 1.54) is 26.4 Å². The number of carbonyl (C=O) groups excluding carboxylic acids is 2. The van der Waals surface area contributed by atoms with Crippen molar-refractivity contribution in [3.05, 3.63) is 90.0 Å². The first-order valence-electron chi connectivity index (χ1n) is 12.1. The minimum Gasteiger partial charge on any atom is -0.504 e. The van der Waals surface area contributed by atoms with Gasteiger partial charge in [0.15, 0.2) is 17.6 Å². The minimum atomic E-state index is -0.853. The monoisotopic (exact) mass is 519 g/mol. The van der Waals surface area contributed by atoms with E-state index < -0.39 is 18.3 Å². The van der Waals surface area contributed by atoms with E-state index in [9.17, 15) is 14.7 Å². The molecule has 9 heteroatoms. The zero-order valence-electron chi connectivity index (χ0n) is 21.6. The molecule has 3 aromatic rings. The smallest absolute Gasteiger partial charge is 0.412 e. The highest BCUT2D eigenvalue weighted by Gasteiger charge is 2.28. The molecule has 0 radical (unpaired) electrons. The van der Waals surface area contributed by atoms with Crippen LogP contribution in [-0.4, -0.2) is 37.4 Å². The molecule has 2 amide bonds. The number of hydrogen-bond donors (Lipinski definition) is 4. The number of ether oxygens (including phenoxy) is 3. The second-order valence-electron chi connectivity index (χ2n) is 8.58. The summed E-state index contributed by atoms with van der Waals surface area (Å²) in [4.78, 5) is 25.0. The van der Waals surface area contributed by atoms with E-state index in [1.807, 2.05) is 19.1 Å². The Labute approximate surface area is 222 Å². The highest BCUT2D eigenvalue weighted by molar-refractivity contribution is 6.01. The molecule has 0 aliphatic heterocycles. The molecule has 3 aromatic carbocycles. The average Bonchev–Trinajstić information content (AvgIpc) is 2.90. The third-order valence-corrected chi connectivity index (χ3v) is 5.81. The molecule has 0 saturated carbocycles. The van der Waals surface area contributed by atoms with Crippen LogP contribution in [0.1, 0.15) is 30.1 Å². The predicted octanol–water partition coefficient (Wildman–Crippen LogP) is 5.57. The molecule has 0 spiro atoms. The van der Waals surface area contributed by atoms with Crippen LogP contribution >= 0.6 is 0 Å². The summed E-state index contributed by atoms with van der Waals surface area (Å²) in [6.45, 7) is 1.95. The van der Waals surface area contributed by atoms with Crippen LogP contribution in [0.4, 0.5) is 21.9 Å². The summed E-state index contributed by atoms with van der Waals surface area (Å²) in [6.07, 6.45) is 1.89. The second kappa shape index (κ2) is 13.7. The van der Waals surface area contributed by atoms with Gasteiger partial charge < -0.3 is 30.4 Å². The quantitative estimate of drug-likeness (QED) is 0.192. The molecule has 0 bridgehead atoms. The fourth-order valence-corrected chi connectivity index (χ4v) is 3.77. The number of hydrogen-bond acceptors (Lipinski definition) is 7. The van der Waals surface area contributed by atoms with E-state index in [1.54, 1.807) is 54.6 Å². The number of carbonyl (C=O) groups is 2. The number of rotatable bonds is 11. The van der Waals surface area contributed by atoms with Gasteiger partial charge in [-0.1, -0.05) is 42.0 Å². The molecule has 0 aromatic heterocycles. The Bertz CT molecular complexity index is 1260. The number of anilines is 3. The lowest BCUT2D eigenvalue weighted by atomic mass is 9.99. The number of para-hydroxylation sites is 2. The summed E-state index contributed by atoms with van der Waals surface area (Å²) in [5, 5.41) is 15.8. The lowest BCUT2D eigenvalue weighted by molar-refractivity contribution is -0.111. The SMILES string of the molecule is COc1ccc([C@H](OC(=O)Nc2ccc(C)cc2)[C@H](CC/C=C/C(=O)Nc2ccccc2N)OC)cc1O. The summed E-state index contributed by atoms with van der Waals surface area (Å²) >= 11 is 0. The highest BCUT2D eigenvalue weighted by atomic mass is 16.6. The van der Waals surface area contributed by atoms with Gasteiger partial charge in [-0.15, -0.1) is 0 Å². The van der Waals surface area contributed by atoms with Gasteiger partial charge >= 0.3 is 6.09 Å². The Kier molecular flexibility index (Phi) is 10.1. The normalized spacial score (nSPS) is 12.5. The lowest BCUT2D eigenvalue weighted by Gasteiger charge is -2.26. The van der Waals surface area contributed by atoms with Crippen molar-refractivity contribution in [1.82, 2.24) is 0 Å². The Balaban J connectivity index is 1.70. The maximum Gasteiger partial charge on any atom is 0.412 e. The number of nitrogen functional groups attached to an aromatic ring is 1. The molecule has 0 heterocycles. The van der Waals surface area contributed by atoms with Crippen molar-refractivity contribution in [2.24, 2.45) is 0 Å². The van der Waals surface area contributed by atoms with Gasteiger partial charge in [0.05, 0.1) is 24.6 Å². The number of aryl methyl sites for hydroxylation is 1. The van der Waals surface area contributed by atoms with Crippen LogP contribution in [0.15, 0.2) is 78.9 Å². The molecule has 0 aliphatic rings. The summed E-state index contributed by atoms with van der Waals surface area (Å²) < 4.78 is 16.6. The van der Waals surface area contributed by atoms with E-state index >= 15 is 0 Å². The van der Waals surface area contributed by atoms with Crippen LogP contribution in [-0.2, 0) is 14.3 Å².